The quantitative estimate of drug-likeness (QED) is 0.743. The van der Waals surface area contributed by atoms with E-state index in [1.54, 1.807) is 4.57 Å². The molecule has 6 nitrogen and oxygen atoms in total. The molecule has 1 aliphatic heterocycles. The second kappa shape index (κ2) is 8.07. The van der Waals surface area contributed by atoms with E-state index in [4.69, 9.17) is 0 Å². The van der Waals surface area contributed by atoms with Crippen molar-refractivity contribution in [3.8, 4) is 0 Å². The maximum absolute atomic E-state index is 12.8. The number of aromatic amines is 1. The summed E-state index contributed by atoms with van der Waals surface area (Å²) in [7, 11) is 0. The van der Waals surface area contributed by atoms with Crippen molar-refractivity contribution < 1.29 is 4.79 Å². The number of aryl methyl sites for hydroxylation is 2. The standard InChI is InChI=1S/C23H26N4O2/c1-16-6-8-18(9-7-16)15-27-21(24-25-23(27)29)19-10-12-26(13-11-19)22(28)20-5-3-4-17(2)14-20/h3-9,14,19H,10-13,15H2,1-2H3,(H,25,29). The number of nitrogens with zero attached hydrogens (tertiary/aromatic N) is 3. The number of hydrogen-bond acceptors (Lipinski definition) is 3. The number of hydrogen-bond donors (Lipinski definition) is 1. The minimum Gasteiger partial charge on any atom is -0.339 e. The number of piperidine rings is 1. The van der Waals surface area contributed by atoms with E-state index in [1.165, 1.54) is 5.56 Å². The molecule has 0 spiro atoms. The van der Waals surface area contributed by atoms with Gasteiger partial charge in [-0.15, -0.1) is 0 Å². The fourth-order valence-corrected chi connectivity index (χ4v) is 3.97. The van der Waals surface area contributed by atoms with Crippen molar-refractivity contribution in [1.29, 1.82) is 0 Å². The predicted octanol–water partition coefficient (Wildman–Crippen LogP) is 3.26. The third-order valence-corrected chi connectivity index (χ3v) is 5.66. The molecule has 4 rings (SSSR count). The molecule has 150 valence electrons. The Bertz CT molecular complexity index is 1060. The summed E-state index contributed by atoms with van der Waals surface area (Å²) >= 11 is 0. The normalized spacial score (nSPS) is 14.9. The zero-order valence-electron chi connectivity index (χ0n) is 16.9. The van der Waals surface area contributed by atoms with Crippen LogP contribution in [0.25, 0.3) is 0 Å². The highest BCUT2D eigenvalue weighted by Crippen LogP contribution is 2.27. The Kier molecular flexibility index (Phi) is 5.34. The topological polar surface area (TPSA) is 71.0 Å². The summed E-state index contributed by atoms with van der Waals surface area (Å²) in [5, 5.41) is 6.92. The summed E-state index contributed by atoms with van der Waals surface area (Å²) < 4.78 is 1.73. The molecule has 1 aromatic heterocycles. The van der Waals surface area contributed by atoms with Gasteiger partial charge in [-0.05, 0) is 44.4 Å². The first-order valence-electron chi connectivity index (χ1n) is 10.1. The van der Waals surface area contributed by atoms with Crippen LogP contribution in [0.5, 0.6) is 0 Å². The van der Waals surface area contributed by atoms with Crippen LogP contribution >= 0.6 is 0 Å². The van der Waals surface area contributed by atoms with Gasteiger partial charge in [0, 0.05) is 24.6 Å². The molecule has 2 heterocycles. The van der Waals surface area contributed by atoms with Crippen molar-refractivity contribution in [2.75, 3.05) is 13.1 Å². The van der Waals surface area contributed by atoms with Gasteiger partial charge in [-0.2, -0.15) is 5.10 Å². The van der Waals surface area contributed by atoms with Gasteiger partial charge in [-0.25, -0.2) is 9.89 Å². The van der Waals surface area contributed by atoms with Gasteiger partial charge < -0.3 is 4.90 Å². The molecule has 0 unspecified atom stereocenters. The average molecular weight is 390 g/mol. The Labute approximate surface area is 170 Å². The summed E-state index contributed by atoms with van der Waals surface area (Å²) in [5.41, 5.74) is 3.91. The van der Waals surface area contributed by atoms with Gasteiger partial charge in [0.15, 0.2) is 0 Å². The van der Waals surface area contributed by atoms with E-state index in [-0.39, 0.29) is 17.5 Å². The summed E-state index contributed by atoms with van der Waals surface area (Å²) in [6.45, 7) is 5.89. The van der Waals surface area contributed by atoms with Crippen molar-refractivity contribution in [3.05, 3.63) is 87.1 Å². The van der Waals surface area contributed by atoms with Gasteiger partial charge in [0.25, 0.3) is 5.91 Å². The van der Waals surface area contributed by atoms with E-state index < -0.39 is 0 Å². The first kappa shape index (κ1) is 19.2. The molecule has 6 heteroatoms. The van der Waals surface area contributed by atoms with Gasteiger partial charge in [-0.1, -0.05) is 47.5 Å². The lowest BCUT2D eigenvalue weighted by Crippen LogP contribution is -2.38. The molecule has 0 radical (unpaired) electrons. The van der Waals surface area contributed by atoms with Gasteiger partial charge in [0.1, 0.15) is 5.82 Å². The SMILES string of the molecule is Cc1ccc(Cn2c(C3CCN(C(=O)c4cccc(C)c4)CC3)n[nH]c2=O)cc1. The number of benzene rings is 2. The van der Waals surface area contributed by atoms with Crippen molar-refractivity contribution >= 4 is 5.91 Å². The highest BCUT2D eigenvalue weighted by molar-refractivity contribution is 5.94. The van der Waals surface area contributed by atoms with Crippen molar-refractivity contribution in [2.24, 2.45) is 0 Å². The highest BCUT2D eigenvalue weighted by atomic mass is 16.2. The van der Waals surface area contributed by atoms with Crippen molar-refractivity contribution in [2.45, 2.75) is 39.2 Å². The van der Waals surface area contributed by atoms with Crippen LogP contribution in [0.15, 0.2) is 53.3 Å². The molecule has 1 aliphatic rings. The zero-order valence-corrected chi connectivity index (χ0v) is 16.9. The van der Waals surface area contributed by atoms with Crippen molar-refractivity contribution in [1.82, 2.24) is 19.7 Å². The third-order valence-electron chi connectivity index (χ3n) is 5.66. The van der Waals surface area contributed by atoms with Crippen molar-refractivity contribution in [3.63, 3.8) is 0 Å². The Morgan fingerprint density at radius 1 is 1.07 bits per heavy atom. The number of H-pyrrole nitrogens is 1. The van der Waals surface area contributed by atoms with E-state index in [9.17, 15) is 9.59 Å². The van der Waals surface area contributed by atoms with E-state index in [2.05, 4.69) is 22.3 Å². The predicted molar refractivity (Wildman–Crippen MR) is 112 cm³/mol. The summed E-state index contributed by atoms with van der Waals surface area (Å²) in [6.07, 6.45) is 1.60. The van der Waals surface area contributed by atoms with Crippen LogP contribution in [0.1, 0.15) is 51.6 Å². The summed E-state index contributed by atoms with van der Waals surface area (Å²) in [5.74, 6) is 1.03. The highest BCUT2D eigenvalue weighted by Gasteiger charge is 2.28. The van der Waals surface area contributed by atoms with Crippen LogP contribution < -0.4 is 5.69 Å². The number of rotatable bonds is 4. The van der Waals surface area contributed by atoms with E-state index in [0.717, 1.165) is 35.4 Å². The Morgan fingerprint density at radius 3 is 2.48 bits per heavy atom. The second-order valence-corrected chi connectivity index (χ2v) is 7.89. The summed E-state index contributed by atoms with van der Waals surface area (Å²) in [4.78, 5) is 27.0. The molecule has 2 aromatic carbocycles. The van der Waals surface area contributed by atoms with Crippen LogP contribution in [-0.2, 0) is 6.54 Å². The lowest BCUT2D eigenvalue weighted by molar-refractivity contribution is 0.0710. The first-order valence-corrected chi connectivity index (χ1v) is 10.1. The molecular weight excluding hydrogens is 364 g/mol. The van der Waals surface area contributed by atoms with E-state index in [1.807, 2.05) is 55.1 Å². The second-order valence-electron chi connectivity index (χ2n) is 7.89. The Morgan fingerprint density at radius 2 is 1.79 bits per heavy atom. The van der Waals surface area contributed by atoms with E-state index in [0.29, 0.717) is 19.6 Å². The molecule has 0 saturated carbocycles. The molecule has 0 bridgehead atoms. The van der Waals surface area contributed by atoms with Crippen LogP contribution in [0.4, 0.5) is 0 Å². The smallest absolute Gasteiger partial charge is 0.339 e. The maximum Gasteiger partial charge on any atom is 0.343 e. The first-order chi connectivity index (χ1) is 14.0. The molecule has 0 aliphatic carbocycles. The average Bonchev–Trinajstić information content (AvgIpc) is 3.09. The lowest BCUT2D eigenvalue weighted by atomic mass is 9.95. The number of aromatic nitrogens is 3. The molecule has 1 saturated heterocycles. The molecule has 1 amide bonds. The minimum atomic E-state index is -0.182. The molecule has 1 fully saturated rings. The van der Waals surface area contributed by atoms with E-state index >= 15 is 0 Å². The number of amides is 1. The molecule has 29 heavy (non-hydrogen) atoms. The van der Waals surface area contributed by atoms with Crippen LogP contribution in [-0.4, -0.2) is 38.7 Å². The monoisotopic (exact) mass is 390 g/mol. The zero-order chi connectivity index (χ0) is 20.4. The van der Waals surface area contributed by atoms with Gasteiger partial charge in [0.2, 0.25) is 0 Å². The maximum atomic E-state index is 12.8. The molecule has 3 aromatic rings. The summed E-state index contributed by atoms with van der Waals surface area (Å²) in [6, 6.07) is 15.9. The Hall–Kier alpha value is -3.15. The van der Waals surface area contributed by atoms with Crippen LogP contribution in [0.3, 0.4) is 0 Å². The lowest BCUT2D eigenvalue weighted by Gasteiger charge is -2.31. The largest absolute Gasteiger partial charge is 0.343 e. The van der Waals surface area contributed by atoms with Gasteiger partial charge >= 0.3 is 5.69 Å². The minimum absolute atomic E-state index is 0.0752. The third kappa shape index (κ3) is 4.16. The number of likely N-dealkylation sites (tertiary alicyclic amines) is 1. The fourth-order valence-electron chi connectivity index (χ4n) is 3.97. The Balaban J connectivity index is 1.46. The fraction of sp³-hybridized carbons (Fsp3) is 0.348. The molecule has 1 N–H and O–H groups in total. The number of carbonyl (C=O) groups excluding carboxylic acids is 1. The molecule has 0 atom stereocenters. The van der Waals surface area contributed by atoms with Gasteiger partial charge in [-0.3, -0.25) is 9.36 Å². The number of nitrogens with one attached hydrogen (secondary N) is 1. The van der Waals surface area contributed by atoms with Crippen LogP contribution in [0, 0.1) is 13.8 Å². The van der Waals surface area contributed by atoms with Crippen LogP contribution in [0.2, 0.25) is 0 Å². The number of carbonyl (C=O) groups is 1. The molecular formula is C23H26N4O2. The van der Waals surface area contributed by atoms with Gasteiger partial charge in [0.05, 0.1) is 6.54 Å².